The molecule has 19 heavy (non-hydrogen) atoms. The zero-order valence-electron chi connectivity index (χ0n) is 12.5. The second-order valence-corrected chi connectivity index (χ2v) is 6.57. The number of nitrogens with one attached hydrogen (secondary N) is 1. The molecule has 4 nitrogen and oxygen atoms in total. The van der Waals surface area contributed by atoms with E-state index in [9.17, 15) is 9.59 Å². The summed E-state index contributed by atoms with van der Waals surface area (Å²) in [4.78, 5) is 26.7. The first-order valence-corrected chi connectivity index (χ1v) is 7.52. The second kappa shape index (κ2) is 5.14. The third kappa shape index (κ3) is 2.77. The van der Waals surface area contributed by atoms with E-state index >= 15 is 0 Å². The first kappa shape index (κ1) is 14.4. The van der Waals surface area contributed by atoms with Gasteiger partial charge in [-0.1, -0.05) is 34.1 Å². The minimum atomic E-state index is -0.331. The Morgan fingerprint density at radius 3 is 2.47 bits per heavy atom. The zero-order valence-corrected chi connectivity index (χ0v) is 12.5. The van der Waals surface area contributed by atoms with Crippen LogP contribution in [-0.4, -0.2) is 35.3 Å². The summed E-state index contributed by atoms with van der Waals surface area (Å²) in [6.45, 7) is 9.01. The van der Waals surface area contributed by atoms with E-state index in [0.717, 1.165) is 13.0 Å². The van der Waals surface area contributed by atoms with Crippen LogP contribution in [0.2, 0.25) is 0 Å². The van der Waals surface area contributed by atoms with Crippen LogP contribution in [0.1, 0.15) is 53.4 Å². The highest BCUT2D eigenvalue weighted by Crippen LogP contribution is 2.46. The molecule has 0 aromatic carbocycles. The molecule has 0 radical (unpaired) electrons. The highest BCUT2D eigenvalue weighted by molar-refractivity contribution is 5.97. The van der Waals surface area contributed by atoms with Gasteiger partial charge in [-0.3, -0.25) is 9.59 Å². The highest BCUT2D eigenvalue weighted by atomic mass is 16.2. The Labute approximate surface area is 115 Å². The summed E-state index contributed by atoms with van der Waals surface area (Å²) in [5.41, 5.74) is 0.251. The molecule has 1 heterocycles. The third-order valence-electron chi connectivity index (χ3n) is 4.78. The van der Waals surface area contributed by atoms with Crippen molar-refractivity contribution in [1.82, 2.24) is 10.2 Å². The van der Waals surface area contributed by atoms with E-state index in [1.807, 2.05) is 18.7 Å². The molecule has 3 unspecified atom stereocenters. The van der Waals surface area contributed by atoms with Crippen LogP contribution in [-0.2, 0) is 9.59 Å². The lowest BCUT2D eigenvalue weighted by Crippen LogP contribution is -2.65. The van der Waals surface area contributed by atoms with Gasteiger partial charge in [0.15, 0.2) is 0 Å². The molecule has 0 aromatic heterocycles. The number of piperazine rings is 1. The molecule has 3 atom stereocenters. The largest absolute Gasteiger partial charge is 0.342 e. The van der Waals surface area contributed by atoms with Crippen LogP contribution in [0.15, 0.2) is 0 Å². The van der Waals surface area contributed by atoms with Crippen molar-refractivity contribution in [2.75, 3.05) is 6.54 Å². The summed E-state index contributed by atoms with van der Waals surface area (Å²) in [6, 6.07) is -0.604. The average Bonchev–Trinajstić information content (AvgIpc) is 3.10. The van der Waals surface area contributed by atoms with Crippen molar-refractivity contribution < 1.29 is 9.59 Å². The number of carbonyl (C=O) groups is 2. The van der Waals surface area contributed by atoms with Crippen molar-refractivity contribution in [3.8, 4) is 0 Å². The second-order valence-electron chi connectivity index (χ2n) is 6.57. The Bertz CT molecular complexity index is 376. The Hall–Kier alpha value is -1.06. The minimum Gasteiger partial charge on any atom is -0.342 e. The molecular formula is C15H26N2O2. The number of nitrogens with zero attached hydrogens (tertiary/aromatic N) is 1. The van der Waals surface area contributed by atoms with Crippen molar-refractivity contribution in [1.29, 1.82) is 0 Å². The highest BCUT2D eigenvalue weighted by Gasteiger charge is 2.47. The van der Waals surface area contributed by atoms with Crippen LogP contribution in [0.5, 0.6) is 0 Å². The van der Waals surface area contributed by atoms with Crippen LogP contribution in [0.3, 0.4) is 0 Å². The maximum Gasteiger partial charge on any atom is 0.246 e. The monoisotopic (exact) mass is 266 g/mol. The van der Waals surface area contributed by atoms with Crippen LogP contribution < -0.4 is 5.32 Å². The van der Waals surface area contributed by atoms with E-state index in [0.29, 0.717) is 6.42 Å². The smallest absolute Gasteiger partial charge is 0.246 e. The third-order valence-corrected chi connectivity index (χ3v) is 4.78. The van der Waals surface area contributed by atoms with Gasteiger partial charge >= 0.3 is 0 Å². The first-order valence-electron chi connectivity index (χ1n) is 7.52. The Kier molecular flexibility index (Phi) is 3.88. The van der Waals surface area contributed by atoms with E-state index in [-0.39, 0.29) is 35.2 Å². The van der Waals surface area contributed by atoms with Crippen molar-refractivity contribution >= 4 is 11.8 Å². The van der Waals surface area contributed by atoms with Crippen LogP contribution in [0.25, 0.3) is 0 Å². The SMILES string of the molecule is CCC(C)C1NC(=O)C(CC)N(CC2(C)CC2)C1=O. The van der Waals surface area contributed by atoms with Crippen molar-refractivity contribution in [3.05, 3.63) is 0 Å². The molecule has 1 N–H and O–H groups in total. The van der Waals surface area contributed by atoms with E-state index in [2.05, 4.69) is 19.2 Å². The standard InChI is InChI=1S/C15H26N2O2/c1-5-10(3)12-14(19)17(9-15(4)7-8-15)11(6-2)13(18)16-12/h10-12H,5-9H2,1-4H3,(H,16,18). The summed E-state index contributed by atoms with van der Waals surface area (Å²) >= 11 is 0. The Morgan fingerprint density at radius 1 is 1.37 bits per heavy atom. The van der Waals surface area contributed by atoms with Gasteiger partial charge in [0.05, 0.1) is 0 Å². The van der Waals surface area contributed by atoms with Crippen LogP contribution in [0.4, 0.5) is 0 Å². The summed E-state index contributed by atoms with van der Waals surface area (Å²) in [7, 11) is 0. The van der Waals surface area contributed by atoms with Gasteiger partial charge in [-0.2, -0.15) is 0 Å². The lowest BCUT2D eigenvalue weighted by atomic mass is 9.92. The summed E-state index contributed by atoms with van der Waals surface area (Å²) in [5, 5.41) is 2.92. The molecule has 1 aliphatic carbocycles. The molecule has 0 spiro atoms. The molecular weight excluding hydrogens is 240 g/mol. The average molecular weight is 266 g/mol. The molecule has 2 fully saturated rings. The molecule has 2 rings (SSSR count). The molecule has 2 aliphatic rings. The molecule has 1 aliphatic heterocycles. The van der Waals surface area contributed by atoms with E-state index in [1.165, 1.54) is 12.8 Å². The molecule has 1 saturated heterocycles. The van der Waals surface area contributed by atoms with E-state index < -0.39 is 0 Å². The van der Waals surface area contributed by atoms with E-state index in [1.54, 1.807) is 0 Å². The van der Waals surface area contributed by atoms with Crippen LogP contribution >= 0.6 is 0 Å². The van der Waals surface area contributed by atoms with Gasteiger partial charge in [-0.25, -0.2) is 0 Å². The summed E-state index contributed by atoms with van der Waals surface area (Å²) < 4.78 is 0. The number of hydrogen-bond donors (Lipinski definition) is 1. The number of carbonyl (C=O) groups excluding carboxylic acids is 2. The maximum atomic E-state index is 12.7. The van der Waals surface area contributed by atoms with E-state index in [4.69, 9.17) is 0 Å². The molecule has 2 amide bonds. The van der Waals surface area contributed by atoms with Gasteiger partial charge in [0.1, 0.15) is 12.1 Å². The van der Waals surface area contributed by atoms with Gasteiger partial charge in [-0.15, -0.1) is 0 Å². The van der Waals surface area contributed by atoms with Gasteiger partial charge in [-0.05, 0) is 30.6 Å². The fourth-order valence-electron chi connectivity index (χ4n) is 2.78. The molecule has 4 heteroatoms. The summed E-state index contributed by atoms with van der Waals surface area (Å²) in [6.07, 6.45) is 3.94. The van der Waals surface area contributed by atoms with Gasteiger partial charge in [0.2, 0.25) is 11.8 Å². The van der Waals surface area contributed by atoms with Crippen molar-refractivity contribution in [2.24, 2.45) is 11.3 Å². The first-order chi connectivity index (χ1) is 8.91. The number of hydrogen-bond acceptors (Lipinski definition) is 2. The Morgan fingerprint density at radius 2 is 2.00 bits per heavy atom. The quantitative estimate of drug-likeness (QED) is 0.826. The van der Waals surface area contributed by atoms with Gasteiger partial charge < -0.3 is 10.2 Å². The minimum absolute atomic E-state index is 0.0247. The fraction of sp³-hybridized carbons (Fsp3) is 0.867. The topological polar surface area (TPSA) is 49.4 Å². The Balaban J connectivity index is 2.18. The predicted molar refractivity (Wildman–Crippen MR) is 74.5 cm³/mol. The van der Waals surface area contributed by atoms with Gasteiger partial charge in [0.25, 0.3) is 0 Å². The zero-order chi connectivity index (χ0) is 14.2. The number of amides is 2. The molecule has 1 saturated carbocycles. The molecule has 0 aromatic rings. The van der Waals surface area contributed by atoms with Gasteiger partial charge in [0, 0.05) is 6.54 Å². The van der Waals surface area contributed by atoms with Crippen LogP contribution in [0, 0.1) is 11.3 Å². The lowest BCUT2D eigenvalue weighted by Gasteiger charge is -2.41. The number of rotatable bonds is 5. The molecule has 108 valence electrons. The normalized spacial score (nSPS) is 31.1. The predicted octanol–water partition coefficient (Wildman–Crippen LogP) is 1.94. The molecule has 0 bridgehead atoms. The maximum absolute atomic E-state index is 12.7. The lowest BCUT2D eigenvalue weighted by molar-refractivity contribution is -0.151. The fourth-order valence-corrected chi connectivity index (χ4v) is 2.78. The van der Waals surface area contributed by atoms with Crippen molar-refractivity contribution in [3.63, 3.8) is 0 Å². The summed E-state index contributed by atoms with van der Waals surface area (Å²) in [5.74, 6) is 0.342. The van der Waals surface area contributed by atoms with Crippen molar-refractivity contribution in [2.45, 2.75) is 65.5 Å².